The lowest BCUT2D eigenvalue weighted by atomic mass is 10.4. The molecular formula is C12H15N3O5S. The summed E-state index contributed by atoms with van der Waals surface area (Å²) in [4.78, 5) is -0.195. The van der Waals surface area contributed by atoms with E-state index in [9.17, 15) is 13.6 Å². The molecule has 0 radical (unpaired) electrons. The van der Waals surface area contributed by atoms with Crippen molar-refractivity contribution in [1.29, 1.82) is 0 Å². The van der Waals surface area contributed by atoms with Crippen LogP contribution in [0.15, 0.2) is 44.9 Å². The molecule has 21 heavy (non-hydrogen) atoms. The molecule has 0 aliphatic rings. The summed E-state index contributed by atoms with van der Waals surface area (Å²) < 4.78 is 34.4. The fourth-order valence-corrected chi connectivity index (χ4v) is 2.93. The van der Waals surface area contributed by atoms with E-state index >= 15 is 0 Å². The van der Waals surface area contributed by atoms with Crippen molar-refractivity contribution in [1.82, 2.24) is 10.5 Å². The van der Waals surface area contributed by atoms with Crippen LogP contribution in [0, 0.1) is 5.21 Å². The molecule has 0 unspecified atom stereocenters. The van der Waals surface area contributed by atoms with Gasteiger partial charge in [0, 0.05) is 6.54 Å². The summed E-state index contributed by atoms with van der Waals surface area (Å²) in [6, 6.07) is 7.55. The largest absolute Gasteiger partial charge is 0.453 e. The quantitative estimate of drug-likeness (QED) is 0.571. The molecule has 1 aromatic carbocycles. The summed E-state index contributed by atoms with van der Waals surface area (Å²) in [7, 11) is -4.05. The smallest absolute Gasteiger partial charge is 0.415 e. The minimum atomic E-state index is -4.05. The van der Waals surface area contributed by atoms with Gasteiger partial charge in [-0.2, -0.15) is 0 Å². The SMILES string of the molecule is CCNCCOc1no[n+]([O-])c1S(=O)(=O)c1ccccc1. The van der Waals surface area contributed by atoms with Crippen LogP contribution >= 0.6 is 0 Å². The Morgan fingerprint density at radius 3 is 2.76 bits per heavy atom. The number of nitrogens with one attached hydrogen (secondary N) is 1. The van der Waals surface area contributed by atoms with Gasteiger partial charge in [0.2, 0.25) is 0 Å². The number of ether oxygens (including phenoxy) is 1. The Bertz CT molecular complexity index is 684. The third-order valence-corrected chi connectivity index (χ3v) is 4.35. The molecule has 1 heterocycles. The Kier molecular flexibility index (Phi) is 4.76. The van der Waals surface area contributed by atoms with E-state index < -0.39 is 14.9 Å². The summed E-state index contributed by atoms with van der Waals surface area (Å²) in [5.41, 5.74) is 0. The van der Waals surface area contributed by atoms with Crippen LogP contribution in [0.2, 0.25) is 0 Å². The molecule has 0 aliphatic carbocycles. The van der Waals surface area contributed by atoms with Crippen molar-refractivity contribution in [3.8, 4) is 5.88 Å². The van der Waals surface area contributed by atoms with Crippen LogP contribution in [0.5, 0.6) is 5.88 Å². The van der Waals surface area contributed by atoms with Crippen LogP contribution in [0.1, 0.15) is 6.92 Å². The van der Waals surface area contributed by atoms with Crippen LogP contribution in [-0.4, -0.2) is 33.3 Å². The van der Waals surface area contributed by atoms with E-state index in [1.807, 2.05) is 6.92 Å². The fraction of sp³-hybridized carbons (Fsp3) is 0.333. The fourth-order valence-electron chi connectivity index (χ4n) is 1.64. The Hall–Kier alpha value is -2.13. The number of benzene rings is 1. The predicted molar refractivity (Wildman–Crippen MR) is 71.4 cm³/mol. The van der Waals surface area contributed by atoms with Gasteiger partial charge < -0.3 is 15.3 Å². The average molecular weight is 313 g/mol. The highest BCUT2D eigenvalue weighted by atomic mass is 32.2. The van der Waals surface area contributed by atoms with Gasteiger partial charge in [0.1, 0.15) is 6.61 Å². The molecule has 2 rings (SSSR count). The third kappa shape index (κ3) is 3.31. The molecule has 0 bridgehead atoms. The molecule has 0 spiro atoms. The highest BCUT2D eigenvalue weighted by Gasteiger charge is 2.35. The zero-order valence-corrected chi connectivity index (χ0v) is 12.2. The molecule has 9 heteroatoms. The second kappa shape index (κ2) is 6.55. The van der Waals surface area contributed by atoms with Crippen LogP contribution in [0.25, 0.3) is 0 Å². The molecule has 1 aromatic heterocycles. The highest BCUT2D eigenvalue weighted by molar-refractivity contribution is 7.91. The summed E-state index contributed by atoms with van der Waals surface area (Å²) in [6.07, 6.45) is 0. The van der Waals surface area contributed by atoms with Gasteiger partial charge in [-0.1, -0.05) is 25.1 Å². The lowest BCUT2D eigenvalue weighted by molar-refractivity contribution is -0.832. The van der Waals surface area contributed by atoms with Crippen molar-refractivity contribution in [3.63, 3.8) is 0 Å². The topological polar surface area (TPSA) is 108 Å². The lowest BCUT2D eigenvalue weighted by Crippen LogP contribution is -2.31. The van der Waals surface area contributed by atoms with Crippen molar-refractivity contribution in [2.45, 2.75) is 16.8 Å². The van der Waals surface area contributed by atoms with Crippen molar-refractivity contribution >= 4 is 9.84 Å². The van der Waals surface area contributed by atoms with Gasteiger partial charge >= 0.3 is 10.9 Å². The van der Waals surface area contributed by atoms with E-state index in [1.54, 1.807) is 18.2 Å². The van der Waals surface area contributed by atoms with E-state index in [0.717, 1.165) is 6.54 Å². The maximum Gasteiger partial charge on any atom is 0.415 e. The van der Waals surface area contributed by atoms with Crippen LogP contribution in [0.3, 0.4) is 0 Å². The lowest BCUT2D eigenvalue weighted by Gasteiger charge is -2.03. The Labute approximate surface area is 121 Å². The van der Waals surface area contributed by atoms with Gasteiger partial charge in [-0.25, -0.2) is 8.42 Å². The number of aromatic nitrogens is 2. The van der Waals surface area contributed by atoms with Gasteiger partial charge in [-0.05, 0) is 23.6 Å². The summed E-state index contributed by atoms with van der Waals surface area (Å²) >= 11 is 0. The van der Waals surface area contributed by atoms with Crippen molar-refractivity contribution < 1.29 is 22.7 Å². The number of hydrogen-bond donors (Lipinski definition) is 1. The predicted octanol–water partition coefficient (Wildman–Crippen LogP) is 0.129. The molecule has 2 aromatic rings. The molecule has 0 amide bonds. The number of likely N-dealkylation sites (N-methyl/N-ethyl adjacent to an activating group) is 1. The van der Waals surface area contributed by atoms with Gasteiger partial charge in [-0.15, -0.1) is 0 Å². The van der Waals surface area contributed by atoms with E-state index in [4.69, 9.17) is 4.74 Å². The van der Waals surface area contributed by atoms with Gasteiger partial charge in [-0.3, -0.25) is 4.63 Å². The maximum absolute atomic E-state index is 12.4. The highest BCUT2D eigenvalue weighted by Crippen LogP contribution is 2.24. The van der Waals surface area contributed by atoms with Crippen LogP contribution < -0.4 is 15.0 Å². The molecule has 0 atom stereocenters. The number of rotatable bonds is 7. The first-order chi connectivity index (χ1) is 10.1. The van der Waals surface area contributed by atoms with Gasteiger partial charge in [0.15, 0.2) is 0 Å². The standard InChI is InChI=1S/C12H15N3O5S/c1-2-13-8-9-19-11-12(15(16)20-14-11)21(17,18)10-6-4-3-5-7-10/h3-7,13H,2,8-9H2,1H3. The number of sulfone groups is 1. The monoisotopic (exact) mass is 313 g/mol. The van der Waals surface area contributed by atoms with E-state index in [2.05, 4.69) is 15.1 Å². The van der Waals surface area contributed by atoms with Crippen molar-refractivity contribution in [3.05, 3.63) is 35.5 Å². The summed E-state index contributed by atoms with van der Waals surface area (Å²) in [5, 5.41) is 17.3. The van der Waals surface area contributed by atoms with E-state index in [1.165, 1.54) is 12.1 Å². The van der Waals surface area contributed by atoms with Gasteiger partial charge in [0.05, 0.1) is 10.1 Å². The molecule has 0 saturated carbocycles. The van der Waals surface area contributed by atoms with E-state index in [0.29, 0.717) is 6.54 Å². The number of hydrogen-bond acceptors (Lipinski definition) is 7. The Morgan fingerprint density at radius 1 is 1.38 bits per heavy atom. The first-order valence-electron chi connectivity index (χ1n) is 6.30. The zero-order chi connectivity index (χ0) is 15.3. The second-order valence-corrected chi connectivity index (χ2v) is 5.92. The first kappa shape index (κ1) is 15.3. The molecule has 8 nitrogen and oxygen atoms in total. The van der Waals surface area contributed by atoms with E-state index in [-0.39, 0.29) is 22.3 Å². The summed E-state index contributed by atoms with van der Waals surface area (Å²) in [5.74, 6) is -0.341. The average Bonchev–Trinajstić information content (AvgIpc) is 2.86. The molecule has 0 aliphatic heterocycles. The molecule has 1 N–H and O–H groups in total. The second-order valence-electron chi connectivity index (χ2n) is 4.06. The molecule has 0 saturated heterocycles. The molecule has 0 fully saturated rings. The summed E-state index contributed by atoms with van der Waals surface area (Å²) in [6.45, 7) is 3.33. The van der Waals surface area contributed by atoms with Crippen molar-refractivity contribution in [2.24, 2.45) is 0 Å². The molecule has 114 valence electrons. The normalized spacial score (nSPS) is 11.5. The third-order valence-electron chi connectivity index (χ3n) is 2.62. The van der Waals surface area contributed by atoms with Crippen LogP contribution in [0.4, 0.5) is 0 Å². The minimum Gasteiger partial charge on any atom is -0.453 e. The molecular weight excluding hydrogens is 298 g/mol. The van der Waals surface area contributed by atoms with Gasteiger partial charge in [0.25, 0.3) is 9.84 Å². The minimum absolute atomic E-state index is 0.0330. The number of nitrogens with zero attached hydrogens (tertiary/aromatic N) is 2. The maximum atomic E-state index is 12.4. The Balaban J connectivity index is 2.29. The zero-order valence-electron chi connectivity index (χ0n) is 11.4. The van der Waals surface area contributed by atoms with Crippen molar-refractivity contribution in [2.75, 3.05) is 19.7 Å². The van der Waals surface area contributed by atoms with Crippen LogP contribution in [-0.2, 0) is 9.84 Å². The Morgan fingerprint density at radius 2 is 2.10 bits per heavy atom. The first-order valence-corrected chi connectivity index (χ1v) is 7.79.